The fraction of sp³-hybridized carbons (Fsp3) is 0.588. The van der Waals surface area contributed by atoms with Gasteiger partial charge < -0.3 is 9.64 Å². The molecule has 0 aromatic heterocycles. The molecule has 3 rings (SSSR count). The van der Waals surface area contributed by atoms with Crippen molar-refractivity contribution in [3.63, 3.8) is 0 Å². The third kappa shape index (κ3) is 4.52. The third-order valence-corrected chi connectivity index (χ3v) is 4.97. The van der Waals surface area contributed by atoms with Crippen molar-refractivity contribution in [1.82, 2.24) is 9.80 Å². The van der Waals surface area contributed by atoms with Gasteiger partial charge >= 0.3 is 0 Å². The number of carbonyl (C=O) groups is 1. The maximum Gasteiger partial charge on any atom is 0.263 e. The standard InChI is InChI=1S/C17H22Cl2N2O2/c1-12(23-16-5-4-14(18)10-15(16)19)17(22)21-8-6-20(7-9-21)11-13-2-3-13/h4-5,10,12-13H,2-3,6-9,11H2,1H3. The van der Waals surface area contributed by atoms with Crippen molar-refractivity contribution in [2.75, 3.05) is 32.7 Å². The second-order valence-electron chi connectivity index (χ2n) is 6.40. The van der Waals surface area contributed by atoms with Crippen LogP contribution >= 0.6 is 23.2 Å². The van der Waals surface area contributed by atoms with Crippen molar-refractivity contribution in [3.05, 3.63) is 28.2 Å². The van der Waals surface area contributed by atoms with E-state index in [4.69, 9.17) is 27.9 Å². The van der Waals surface area contributed by atoms with Crippen LogP contribution in [-0.4, -0.2) is 54.5 Å². The van der Waals surface area contributed by atoms with Crippen LogP contribution in [0.5, 0.6) is 5.75 Å². The number of hydrogen-bond acceptors (Lipinski definition) is 3. The number of ether oxygens (including phenoxy) is 1. The number of amides is 1. The molecule has 1 atom stereocenters. The Morgan fingerprint density at radius 1 is 1.26 bits per heavy atom. The molecule has 0 N–H and O–H groups in total. The molecule has 2 aliphatic rings. The minimum atomic E-state index is -0.552. The summed E-state index contributed by atoms with van der Waals surface area (Å²) in [7, 11) is 0. The zero-order chi connectivity index (χ0) is 16.4. The van der Waals surface area contributed by atoms with Crippen molar-refractivity contribution in [1.29, 1.82) is 0 Å². The van der Waals surface area contributed by atoms with Crippen molar-refractivity contribution in [2.45, 2.75) is 25.9 Å². The fourth-order valence-corrected chi connectivity index (χ4v) is 3.34. The van der Waals surface area contributed by atoms with Crippen molar-refractivity contribution >= 4 is 29.1 Å². The van der Waals surface area contributed by atoms with E-state index in [1.54, 1.807) is 25.1 Å². The van der Waals surface area contributed by atoms with Gasteiger partial charge in [0.15, 0.2) is 6.10 Å². The van der Waals surface area contributed by atoms with Crippen LogP contribution in [0.1, 0.15) is 19.8 Å². The Morgan fingerprint density at radius 2 is 1.96 bits per heavy atom. The summed E-state index contributed by atoms with van der Waals surface area (Å²) >= 11 is 12.0. The van der Waals surface area contributed by atoms with Crippen LogP contribution < -0.4 is 4.74 Å². The summed E-state index contributed by atoms with van der Waals surface area (Å²) in [6.07, 6.45) is 2.18. The molecule has 126 valence electrons. The number of halogens is 2. The normalized spacial score (nSPS) is 20.4. The molecule has 0 bridgehead atoms. The van der Waals surface area contributed by atoms with Crippen molar-refractivity contribution in [3.8, 4) is 5.75 Å². The highest BCUT2D eigenvalue weighted by molar-refractivity contribution is 6.35. The Hall–Kier alpha value is -0.970. The summed E-state index contributed by atoms with van der Waals surface area (Å²) in [5.74, 6) is 1.40. The molecule has 1 saturated heterocycles. The van der Waals surface area contributed by atoms with Gasteiger partial charge in [-0.1, -0.05) is 23.2 Å². The SMILES string of the molecule is CC(Oc1ccc(Cl)cc1Cl)C(=O)N1CCN(CC2CC2)CC1. The predicted molar refractivity (Wildman–Crippen MR) is 92.3 cm³/mol. The van der Waals surface area contributed by atoms with E-state index in [0.717, 1.165) is 32.1 Å². The Morgan fingerprint density at radius 3 is 2.57 bits per heavy atom. The van der Waals surface area contributed by atoms with Gasteiger partial charge in [0, 0.05) is 37.7 Å². The summed E-state index contributed by atoms with van der Waals surface area (Å²) in [6, 6.07) is 5.02. The largest absolute Gasteiger partial charge is 0.479 e. The van der Waals surface area contributed by atoms with Crippen LogP contribution in [0.4, 0.5) is 0 Å². The predicted octanol–water partition coefficient (Wildman–Crippen LogP) is 3.31. The molecule has 4 nitrogen and oxygen atoms in total. The first-order valence-electron chi connectivity index (χ1n) is 8.16. The molecule has 1 amide bonds. The Labute approximate surface area is 147 Å². The Balaban J connectivity index is 1.51. The summed E-state index contributed by atoms with van der Waals surface area (Å²) in [4.78, 5) is 16.9. The molecular formula is C17H22Cl2N2O2. The highest BCUT2D eigenvalue weighted by Crippen LogP contribution is 2.30. The molecule has 1 unspecified atom stereocenters. The van der Waals surface area contributed by atoms with Gasteiger partial charge in [-0.3, -0.25) is 9.69 Å². The van der Waals surface area contributed by atoms with E-state index >= 15 is 0 Å². The van der Waals surface area contributed by atoms with E-state index in [1.807, 2.05) is 4.90 Å². The van der Waals surface area contributed by atoms with E-state index in [2.05, 4.69) is 4.90 Å². The Bertz CT molecular complexity index is 570. The minimum absolute atomic E-state index is 0.0158. The molecular weight excluding hydrogens is 335 g/mol. The highest BCUT2D eigenvalue weighted by Gasteiger charge is 2.29. The lowest BCUT2D eigenvalue weighted by molar-refractivity contribution is -0.139. The van der Waals surface area contributed by atoms with Gasteiger partial charge in [0.1, 0.15) is 5.75 Å². The first-order chi connectivity index (χ1) is 11.0. The smallest absolute Gasteiger partial charge is 0.263 e. The van der Waals surface area contributed by atoms with E-state index in [0.29, 0.717) is 15.8 Å². The summed E-state index contributed by atoms with van der Waals surface area (Å²) in [5.41, 5.74) is 0. The van der Waals surface area contributed by atoms with Crippen LogP contribution in [0.3, 0.4) is 0 Å². The summed E-state index contributed by atoms with van der Waals surface area (Å²) < 4.78 is 5.72. The number of piperazine rings is 1. The minimum Gasteiger partial charge on any atom is -0.479 e. The molecule has 0 radical (unpaired) electrons. The second kappa shape index (κ2) is 7.29. The molecule has 23 heavy (non-hydrogen) atoms. The number of rotatable bonds is 5. The molecule has 1 saturated carbocycles. The number of benzene rings is 1. The zero-order valence-corrected chi connectivity index (χ0v) is 14.8. The summed E-state index contributed by atoms with van der Waals surface area (Å²) in [5, 5.41) is 0.972. The maximum atomic E-state index is 12.5. The fourth-order valence-electron chi connectivity index (χ4n) is 2.89. The van der Waals surface area contributed by atoms with Gasteiger partial charge in [-0.05, 0) is 43.9 Å². The first kappa shape index (κ1) is 16.9. The molecule has 2 fully saturated rings. The average molecular weight is 357 g/mol. The number of carbonyl (C=O) groups excluding carboxylic acids is 1. The lowest BCUT2D eigenvalue weighted by Crippen LogP contribution is -2.52. The molecule has 1 aliphatic heterocycles. The molecule has 1 aromatic carbocycles. The van der Waals surface area contributed by atoms with E-state index in [-0.39, 0.29) is 5.91 Å². The molecule has 1 aliphatic carbocycles. The van der Waals surface area contributed by atoms with Crippen LogP contribution in [-0.2, 0) is 4.79 Å². The van der Waals surface area contributed by atoms with Crippen LogP contribution in [0.2, 0.25) is 10.0 Å². The molecule has 0 spiro atoms. The van der Waals surface area contributed by atoms with E-state index < -0.39 is 6.10 Å². The zero-order valence-electron chi connectivity index (χ0n) is 13.3. The summed E-state index contributed by atoms with van der Waals surface area (Å²) in [6.45, 7) is 6.41. The lowest BCUT2D eigenvalue weighted by Gasteiger charge is -2.36. The van der Waals surface area contributed by atoms with E-state index in [1.165, 1.54) is 19.4 Å². The van der Waals surface area contributed by atoms with Gasteiger partial charge in [-0.2, -0.15) is 0 Å². The highest BCUT2D eigenvalue weighted by atomic mass is 35.5. The van der Waals surface area contributed by atoms with Crippen LogP contribution in [0.25, 0.3) is 0 Å². The lowest BCUT2D eigenvalue weighted by atomic mass is 10.2. The van der Waals surface area contributed by atoms with E-state index in [9.17, 15) is 4.79 Å². The van der Waals surface area contributed by atoms with Gasteiger partial charge in [-0.15, -0.1) is 0 Å². The molecule has 6 heteroatoms. The maximum absolute atomic E-state index is 12.5. The molecule has 1 aromatic rings. The van der Waals surface area contributed by atoms with Crippen LogP contribution in [0.15, 0.2) is 18.2 Å². The second-order valence-corrected chi connectivity index (χ2v) is 7.25. The Kier molecular flexibility index (Phi) is 5.34. The van der Waals surface area contributed by atoms with Crippen molar-refractivity contribution in [2.24, 2.45) is 5.92 Å². The van der Waals surface area contributed by atoms with Crippen molar-refractivity contribution < 1.29 is 9.53 Å². The molecule has 1 heterocycles. The number of hydrogen-bond donors (Lipinski definition) is 0. The van der Waals surface area contributed by atoms with Gasteiger partial charge in [0.05, 0.1) is 5.02 Å². The van der Waals surface area contributed by atoms with Gasteiger partial charge in [0.25, 0.3) is 5.91 Å². The van der Waals surface area contributed by atoms with Gasteiger partial charge in [0.2, 0.25) is 0 Å². The first-order valence-corrected chi connectivity index (χ1v) is 8.91. The topological polar surface area (TPSA) is 32.8 Å². The number of nitrogens with zero attached hydrogens (tertiary/aromatic N) is 2. The monoisotopic (exact) mass is 356 g/mol. The third-order valence-electron chi connectivity index (χ3n) is 4.44. The quantitative estimate of drug-likeness (QED) is 0.811. The average Bonchev–Trinajstić information content (AvgIpc) is 3.34. The van der Waals surface area contributed by atoms with Crippen LogP contribution in [0, 0.1) is 5.92 Å². The van der Waals surface area contributed by atoms with Gasteiger partial charge in [-0.25, -0.2) is 0 Å².